The zero-order valence-corrected chi connectivity index (χ0v) is 27.2. The van der Waals surface area contributed by atoms with E-state index in [2.05, 4.69) is 25.9 Å². The van der Waals surface area contributed by atoms with Crippen molar-refractivity contribution in [3.63, 3.8) is 0 Å². The lowest BCUT2D eigenvalue weighted by Crippen LogP contribution is -2.55. The molecule has 2 fully saturated rings. The van der Waals surface area contributed by atoms with Gasteiger partial charge in [-0.2, -0.15) is 5.10 Å². The Balaban J connectivity index is 1.50. The van der Waals surface area contributed by atoms with E-state index >= 15 is 4.39 Å². The van der Waals surface area contributed by atoms with Crippen LogP contribution in [0.3, 0.4) is 0 Å². The Labute approximate surface area is 272 Å². The highest BCUT2D eigenvalue weighted by molar-refractivity contribution is 8.01. The van der Waals surface area contributed by atoms with Crippen molar-refractivity contribution >= 4 is 41.3 Å². The summed E-state index contributed by atoms with van der Waals surface area (Å²) in [7, 11) is 1.97. The normalized spacial score (nSPS) is 17.7. The van der Waals surface area contributed by atoms with Crippen LogP contribution in [0.1, 0.15) is 55.1 Å². The maximum Gasteiger partial charge on any atom is 0.270 e. The molecule has 0 radical (unpaired) electrons. The van der Waals surface area contributed by atoms with Gasteiger partial charge in [-0.15, -0.1) is 0 Å². The summed E-state index contributed by atoms with van der Waals surface area (Å²) >= 11 is 0.663. The predicted molar refractivity (Wildman–Crippen MR) is 175 cm³/mol. The molecule has 4 amide bonds. The molecule has 0 unspecified atom stereocenters. The third-order valence-corrected chi connectivity index (χ3v) is 9.17. The van der Waals surface area contributed by atoms with Gasteiger partial charge in [0.15, 0.2) is 0 Å². The minimum absolute atomic E-state index is 0.00101. The second kappa shape index (κ2) is 16.6. The van der Waals surface area contributed by atoms with Crippen LogP contribution in [-0.2, 0) is 27.3 Å². The van der Waals surface area contributed by atoms with Gasteiger partial charge in [-0.1, -0.05) is 25.3 Å². The van der Waals surface area contributed by atoms with Crippen molar-refractivity contribution in [1.29, 1.82) is 0 Å². The van der Waals surface area contributed by atoms with Crippen LogP contribution in [0.15, 0.2) is 41.6 Å². The number of rotatable bonds is 12. The molecule has 1 saturated heterocycles. The van der Waals surface area contributed by atoms with Crippen LogP contribution < -0.4 is 26.8 Å². The number of likely N-dealkylation sites (N-methyl/N-ethyl adjacent to an activating group) is 1. The minimum Gasteiger partial charge on any atom is -0.403 e. The monoisotopic (exact) mass is 657 g/mol. The average Bonchev–Trinajstić information content (AvgIpc) is 3.55. The Morgan fingerprint density at radius 3 is 2.43 bits per heavy atom. The number of hydrogen-bond acceptors (Lipinski definition) is 9. The van der Waals surface area contributed by atoms with Crippen LogP contribution in [0.4, 0.5) is 10.1 Å². The van der Waals surface area contributed by atoms with Crippen molar-refractivity contribution in [2.24, 2.45) is 16.8 Å². The van der Waals surface area contributed by atoms with Crippen LogP contribution in [0.5, 0.6) is 0 Å². The van der Waals surface area contributed by atoms with Gasteiger partial charge in [0, 0.05) is 51.5 Å². The molecule has 1 aliphatic heterocycles. The van der Waals surface area contributed by atoms with Crippen LogP contribution in [0.25, 0.3) is 0 Å². The molecule has 2 aromatic rings. The van der Waals surface area contributed by atoms with Gasteiger partial charge in [0.2, 0.25) is 11.8 Å². The molecule has 1 aliphatic carbocycles. The van der Waals surface area contributed by atoms with E-state index < -0.39 is 35.6 Å². The molecule has 1 aromatic carbocycles. The van der Waals surface area contributed by atoms with Crippen LogP contribution in [0, 0.1) is 11.7 Å². The molecule has 250 valence electrons. The number of nitrogens with two attached hydrogens (primary N) is 2. The molecule has 7 N–H and O–H groups in total. The van der Waals surface area contributed by atoms with Gasteiger partial charge in [-0.25, -0.2) is 4.39 Å². The van der Waals surface area contributed by atoms with E-state index in [4.69, 9.17) is 10.9 Å². The zero-order valence-electron chi connectivity index (χ0n) is 26.3. The lowest BCUT2D eigenvalue weighted by atomic mass is 9.83. The second-order valence-electron chi connectivity index (χ2n) is 11.7. The molecule has 2 heterocycles. The average molecular weight is 658 g/mol. The number of piperazine rings is 1. The summed E-state index contributed by atoms with van der Waals surface area (Å²) in [6.07, 6.45) is 7.08. The van der Waals surface area contributed by atoms with Crippen molar-refractivity contribution in [2.75, 3.05) is 38.5 Å². The fourth-order valence-electron chi connectivity index (χ4n) is 5.94. The van der Waals surface area contributed by atoms with E-state index in [0.29, 0.717) is 55.9 Å². The Kier molecular flexibility index (Phi) is 12.6. The fourth-order valence-corrected chi connectivity index (χ4v) is 6.18. The number of aromatic nitrogens is 2. The quantitative estimate of drug-likeness (QED) is 0.167. The number of anilines is 1. The number of carbonyl (C=O) groups excluding carboxylic acids is 4. The first-order valence-electron chi connectivity index (χ1n) is 15.6. The molecule has 15 heteroatoms. The summed E-state index contributed by atoms with van der Waals surface area (Å²) in [5.41, 5.74) is 6.25. The number of benzene rings is 1. The number of nitrogens with one attached hydrogen (secondary N) is 3. The predicted octanol–water partition coefficient (Wildman–Crippen LogP) is 1.57. The third kappa shape index (κ3) is 8.85. The first-order chi connectivity index (χ1) is 22.1. The standard InChI is InChI=1S/C31H44FN9O4S/c1-3-41-25(11-12-35-41)28(42)38-27(21-7-5-4-6-8-21)30(44)36-23-10-9-20(17-22(23)32)18-24(37-29(43)26(19-33)46-34)31(45)40-15-13-39(2)14-16-40/h9-12,17,19,21,24,27H,3-8,13-16,18,33-34H2,1-2H3,(H,36,44)(H,37,43)(H,38,42)/b26-19-/t24-,27+/m1/s1. The Morgan fingerprint density at radius 1 is 1.09 bits per heavy atom. The Morgan fingerprint density at radius 2 is 1.80 bits per heavy atom. The van der Waals surface area contributed by atoms with Crippen molar-refractivity contribution in [1.82, 2.24) is 30.2 Å². The Hall–Kier alpha value is -3.95. The molecule has 2 atom stereocenters. The molecular weight excluding hydrogens is 613 g/mol. The molecular formula is C31H44FN9O4S. The van der Waals surface area contributed by atoms with E-state index in [0.717, 1.165) is 38.3 Å². The van der Waals surface area contributed by atoms with E-state index in [1.165, 1.54) is 18.3 Å². The summed E-state index contributed by atoms with van der Waals surface area (Å²) in [5.74, 6) is -2.63. The van der Waals surface area contributed by atoms with Gasteiger partial charge in [0.1, 0.15) is 28.5 Å². The number of nitrogens with zero attached hydrogens (tertiary/aromatic N) is 4. The highest BCUT2D eigenvalue weighted by atomic mass is 32.2. The topological polar surface area (TPSA) is 181 Å². The van der Waals surface area contributed by atoms with Gasteiger partial charge in [0.05, 0.1) is 5.69 Å². The van der Waals surface area contributed by atoms with E-state index in [9.17, 15) is 19.2 Å². The van der Waals surface area contributed by atoms with Gasteiger partial charge >= 0.3 is 0 Å². The second-order valence-corrected chi connectivity index (χ2v) is 12.4. The fraction of sp³-hybridized carbons (Fsp3) is 0.516. The third-order valence-electron chi connectivity index (χ3n) is 8.59. The number of carbonyl (C=O) groups is 4. The molecule has 46 heavy (non-hydrogen) atoms. The number of aryl methyl sites for hydroxylation is 1. The van der Waals surface area contributed by atoms with E-state index in [1.807, 2.05) is 14.0 Å². The summed E-state index contributed by atoms with van der Waals surface area (Å²) in [5, 5.41) is 17.9. The maximum atomic E-state index is 15.5. The van der Waals surface area contributed by atoms with Crippen LogP contribution >= 0.6 is 11.9 Å². The first-order valence-corrected chi connectivity index (χ1v) is 16.5. The molecule has 1 saturated carbocycles. The van der Waals surface area contributed by atoms with Crippen LogP contribution in [-0.4, -0.2) is 88.5 Å². The number of amides is 4. The largest absolute Gasteiger partial charge is 0.403 e. The molecule has 13 nitrogen and oxygen atoms in total. The van der Waals surface area contributed by atoms with E-state index in [1.54, 1.807) is 21.7 Å². The molecule has 4 rings (SSSR count). The summed E-state index contributed by atoms with van der Waals surface area (Å²) in [6, 6.07) is 3.99. The number of hydrogen-bond donors (Lipinski definition) is 5. The highest BCUT2D eigenvalue weighted by Crippen LogP contribution is 2.28. The summed E-state index contributed by atoms with van der Waals surface area (Å²) in [6.45, 7) is 4.72. The zero-order chi connectivity index (χ0) is 33.2. The van der Waals surface area contributed by atoms with Gasteiger partial charge in [-0.05, 0) is 68.4 Å². The Bertz CT molecular complexity index is 1420. The van der Waals surface area contributed by atoms with Gasteiger partial charge < -0.3 is 31.5 Å². The van der Waals surface area contributed by atoms with E-state index in [-0.39, 0.29) is 28.8 Å². The smallest absolute Gasteiger partial charge is 0.270 e. The minimum atomic E-state index is -1.000. The van der Waals surface area contributed by atoms with Crippen molar-refractivity contribution < 1.29 is 23.6 Å². The number of halogens is 1. The molecule has 0 spiro atoms. The lowest BCUT2D eigenvalue weighted by Gasteiger charge is -2.35. The van der Waals surface area contributed by atoms with Crippen molar-refractivity contribution in [3.05, 3.63) is 58.6 Å². The van der Waals surface area contributed by atoms with Crippen LogP contribution in [0.2, 0.25) is 0 Å². The van der Waals surface area contributed by atoms with Crippen molar-refractivity contribution in [2.45, 2.75) is 64.1 Å². The highest BCUT2D eigenvalue weighted by Gasteiger charge is 2.33. The molecule has 1 aromatic heterocycles. The SMILES string of the molecule is CCn1nccc1C(=O)N[C@H](C(=O)Nc1ccc(C[C@@H](NC(=O)/C(=C/N)SN)C(=O)N2CCN(C)CC2)cc1F)C1CCCCC1. The van der Waals surface area contributed by atoms with Crippen molar-refractivity contribution in [3.8, 4) is 0 Å². The van der Waals surface area contributed by atoms with Gasteiger partial charge in [-0.3, -0.25) is 29.0 Å². The molecule has 2 aliphatic rings. The summed E-state index contributed by atoms with van der Waals surface area (Å²) < 4.78 is 17.1. The summed E-state index contributed by atoms with van der Waals surface area (Å²) in [4.78, 5) is 56.8. The molecule has 0 bridgehead atoms. The van der Waals surface area contributed by atoms with Gasteiger partial charge in [0.25, 0.3) is 11.8 Å². The maximum absolute atomic E-state index is 15.5. The lowest BCUT2D eigenvalue weighted by molar-refractivity contribution is -0.137. The first kappa shape index (κ1) is 34.9.